The van der Waals surface area contributed by atoms with E-state index < -0.39 is 12.4 Å². The number of nitrogens with zero attached hydrogens (tertiary/aromatic N) is 5. The lowest BCUT2D eigenvalue weighted by Gasteiger charge is -2.36. The Labute approximate surface area is 234 Å². The van der Waals surface area contributed by atoms with E-state index in [9.17, 15) is 13.6 Å². The Balaban J connectivity index is 1.19. The minimum atomic E-state index is -2.93. The molecule has 41 heavy (non-hydrogen) atoms. The van der Waals surface area contributed by atoms with Gasteiger partial charge in [-0.25, -0.2) is 19.3 Å². The second-order valence-electron chi connectivity index (χ2n) is 11.0. The molecule has 2 aliphatic carbocycles. The predicted octanol–water partition coefficient (Wildman–Crippen LogP) is 5.25. The van der Waals surface area contributed by atoms with E-state index in [1.165, 1.54) is 19.2 Å². The number of ether oxygens (including phenoxy) is 2. The molecule has 0 N–H and O–H groups in total. The van der Waals surface area contributed by atoms with E-state index in [-0.39, 0.29) is 35.4 Å². The third kappa shape index (κ3) is 4.38. The van der Waals surface area contributed by atoms with Crippen molar-refractivity contribution in [3.8, 4) is 16.9 Å². The summed E-state index contributed by atoms with van der Waals surface area (Å²) in [6.07, 6.45) is 8.18. The van der Waals surface area contributed by atoms with Gasteiger partial charge in [0, 0.05) is 60.4 Å². The Morgan fingerprint density at radius 1 is 1.07 bits per heavy atom. The standard InChI is InChI=1S/C30H28F3N5O3/c1-40-28(39)26-16-6-7-17(26)14-37(13-16)30-34-11-18(12-35-30)21-15-38-25(10-22(21)31)36-23-9-8-20(27(23)38)19-4-2-3-5-24(19)41-29(32)33/h2-5,10-12,15-17,20,26,29H,6-9,13-14H2,1H3/t16-,17+,20-,26?/m1/s1. The molecule has 0 spiro atoms. The zero-order valence-corrected chi connectivity index (χ0v) is 22.3. The van der Waals surface area contributed by atoms with Crippen molar-refractivity contribution in [2.75, 3.05) is 25.1 Å². The number of methoxy groups -OCH3 is 1. The van der Waals surface area contributed by atoms with Gasteiger partial charge in [0.15, 0.2) is 0 Å². The number of esters is 1. The molecule has 4 atom stereocenters. The number of halogens is 3. The second-order valence-corrected chi connectivity index (χ2v) is 11.0. The molecule has 1 unspecified atom stereocenters. The Morgan fingerprint density at radius 3 is 2.51 bits per heavy atom. The van der Waals surface area contributed by atoms with Gasteiger partial charge in [-0.15, -0.1) is 0 Å². The molecule has 11 heteroatoms. The summed E-state index contributed by atoms with van der Waals surface area (Å²) in [5.41, 5.74) is 3.59. The molecule has 0 amide bonds. The highest BCUT2D eigenvalue weighted by atomic mass is 19.3. The van der Waals surface area contributed by atoms with Crippen molar-refractivity contribution in [2.24, 2.45) is 17.8 Å². The Morgan fingerprint density at radius 2 is 1.80 bits per heavy atom. The van der Waals surface area contributed by atoms with E-state index in [4.69, 9.17) is 9.47 Å². The first kappa shape index (κ1) is 25.8. The largest absolute Gasteiger partial charge is 0.469 e. The molecule has 4 aromatic rings. The van der Waals surface area contributed by atoms with E-state index >= 15 is 4.39 Å². The Hall–Kier alpha value is -4.15. The average molecular weight is 564 g/mol. The maximum Gasteiger partial charge on any atom is 0.387 e. The Bertz CT molecular complexity index is 1610. The number of para-hydroxylation sites is 1. The van der Waals surface area contributed by atoms with Crippen molar-refractivity contribution < 1.29 is 27.4 Å². The highest BCUT2D eigenvalue weighted by Gasteiger charge is 2.47. The number of rotatable bonds is 6. The summed E-state index contributed by atoms with van der Waals surface area (Å²) in [7, 11) is 1.44. The van der Waals surface area contributed by atoms with Crippen LogP contribution in [0.3, 0.4) is 0 Å². The van der Waals surface area contributed by atoms with E-state index in [1.54, 1.807) is 36.8 Å². The molecule has 212 valence electrons. The predicted molar refractivity (Wildman–Crippen MR) is 143 cm³/mol. The van der Waals surface area contributed by atoms with Crippen LogP contribution in [0.2, 0.25) is 0 Å². The molecule has 2 fully saturated rings. The van der Waals surface area contributed by atoms with Crippen molar-refractivity contribution in [1.29, 1.82) is 0 Å². The molecule has 7 rings (SSSR count). The lowest BCUT2D eigenvalue weighted by atomic mass is 9.85. The number of pyridine rings is 1. The van der Waals surface area contributed by atoms with Gasteiger partial charge in [0.2, 0.25) is 5.95 Å². The van der Waals surface area contributed by atoms with Crippen molar-refractivity contribution in [3.05, 3.63) is 71.7 Å². The van der Waals surface area contributed by atoms with Crippen molar-refractivity contribution in [2.45, 2.75) is 38.2 Å². The van der Waals surface area contributed by atoms with Gasteiger partial charge < -0.3 is 18.8 Å². The lowest BCUT2D eigenvalue weighted by molar-refractivity contribution is -0.148. The van der Waals surface area contributed by atoms with Crippen LogP contribution in [0, 0.1) is 23.6 Å². The summed E-state index contributed by atoms with van der Waals surface area (Å²) in [6.45, 7) is -1.58. The zero-order chi connectivity index (χ0) is 28.2. The molecule has 2 bridgehead atoms. The second kappa shape index (κ2) is 10.0. The van der Waals surface area contributed by atoms with Gasteiger partial charge in [-0.05, 0) is 43.6 Å². The van der Waals surface area contributed by atoms with Gasteiger partial charge in [0.05, 0.1) is 24.4 Å². The summed E-state index contributed by atoms with van der Waals surface area (Å²) in [5.74, 6) is 0.195. The fourth-order valence-corrected chi connectivity index (χ4v) is 7.12. The minimum Gasteiger partial charge on any atom is -0.469 e. The summed E-state index contributed by atoms with van der Waals surface area (Å²) >= 11 is 0. The van der Waals surface area contributed by atoms with Crippen LogP contribution in [0.25, 0.3) is 16.8 Å². The summed E-state index contributed by atoms with van der Waals surface area (Å²) < 4.78 is 53.2. The van der Waals surface area contributed by atoms with Gasteiger partial charge >= 0.3 is 12.6 Å². The lowest BCUT2D eigenvalue weighted by Crippen LogP contribution is -2.45. The van der Waals surface area contributed by atoms with Crippen LogP contribution in [0.15, 0.2) is 48.9 Å². The van der Waals surface area contributed by atoms with Crippen LogP contribution < -0.4 is 9.64 Å². The van der Waals surface area contributed by atoms with E-state index in [0.717, 1.165) is 24.2 Å². The number of hydrogen-bond acceptors (Lipinski definition) is 7. The number of carbonyl (C=O) groups is 1. The molecule has 3 aliphatic rings. The van der Waals surface area contributed by atoms with Gasteiger partial charge in [-0.1, -0.05) is 18.2 Å². The number of fused-ring (bicyclic) bond motifs is 5. The summed E-state index contributed by atoms with van der Waals surface area (Å²) in [6, 6.07) is 8.16. The number of carbonyl (C=O) groups excluding carboxylic acids is 1. The molecular formula is C30H28F3N5O3. The number of imidazole rings is 1. The third-order valence-electron chi connectivity index (χ3n) is 8.87. The highest BCUT2D eigenvalue weighted by molar-refractivity contribution is 5.74. The fourth-order valence-electron chi connectivity index (χ4n) is 7.12. The maximum absolute atomic E-state index is 15.3. The quantitative estimate of drug-likeness (QED) is 0.297. The van der Waals surface area contributed by atoms with Gasteiger partial charge in [-0.2, -0.15) is 8.78 Å². The topological polar surface area (TPSA) is 81.9 Å². The van der Waals surface area contributed by atoms with Crippen LogP contribution >= 0.6 is 0 Å². The van der Waals surface area contributed by atoms with Crippen molar-refractivity contribution in [3.63, 3.8) is 0 Å². The molecule has 0 radical (unpaired) electrons. The van der Waals surface area contributed by atoms with Gasteiger partial charge in [0.25, 0.3) is 0 Å². The smallest absolute Gasteiger partial charge is 0.387 e. The number of piperidine rings is 1. The fraction of sp³-hybridized carbons (Fsp3) is 0.400. The van der Waals surface area contributed by atoms with Gasteiger partial charge in [-0.3, -0.25) is 4.79 Å². The highest BCUT2D eigenvalue weighted by Crippen LogP contribution is 2.44. The summed E-state index contributed by atoms with van der Waals surface area (Å²) in [5, 5.41) is 0. The number of benzene rings is 1. The molecule has 1 aromatic carbocycles. The molecule has 8 nitrogen and oxygen atoms in total. The number of hydrogen-bond donors (Lipinski definition) is 0. The molecule has 1 saturated heterocycles. The number of alkyl halides is 2. The summed E-state index contributed by atoms with van der Waals surface area (Å²) in [4.78, 5) is 28.1. The molecule has 1 aliphatic heterocycles. The van der Waals surface area contributed by atoms with E-state index in [0.29, 0.717) is 54.2 Å². The number of aromatic nitrogens is 4. The normalized spacial score (nSPS) is 23.3. The van der Waals surface area contributed by atoms with Crippen LogP contribution in [0.5, 0.6) is 5.75 Å². The molecule has 1 saturated carbocycles. The zero-order valence-electron chi connectivity index (χ0n) is 22.3. The minimum absolute atomic E-state index is 0.0778. The molecule has 3 aromatic heterocycles. The van der Waals surface area contributed by atoms with Crippen molar-refractivity contribution in [1.82, 2.24) is 19.4 Å². The SMILES string of the molecule is COC(=O)C1[C@@H]2CC[C@H]1CN(c1ncc(-c3cn4c5c(nc4cc3F)CC[C@@H]5c3ccccc3OC(F)F)cn1)C2. The average Bonchev–Trinajstić information content (AvgIpc) is 3.61. The van der Waals surface area contributed by atoms with Crippen molar-refractivity contribution >= 4 is 17.6 Å². The molecular weight excluding hydrogens is 535 g/mol. The van der Waals surface area contributed by atoms with Crippen LogP contribution in [-0.2, 0) is 16.0 Å². The molecule has 4 heterocycles. The first-order valence-corrected chi connectivity index (χ1v) is 13.8. The number of aryl methyl sites for hydroxylation is 1. The monoisotopic (exact) mass is 563 g/mol. The van der Waals surface area contributed by atoms with Gasteiger partial charge in [0.1, 0.15) is 17.2 Å². The number of anilines is 1. The first-order valence-electron chi connectivity index (χ1n) is 13.8. The third-order valence-corrected chi connectivity index (χ3v) is 8.87. The van der Waals surface area contributed by atoms with Crippen LogP contribution in [-0.4, -0.2) is 52.1 Å². The maximum atomic E-state index is 15.3. The van der Waals surface area contributed by atoms with E-state index in [1.807, 2.05) is 4.40 Å². The van der Waals surface area contributed by atoms with E-state index in [2.05, 4.69) is 19.9 Å². The van der Waals surface area contributed by atoms with Crippen LogP contribution in [0.4, 0.5) is 19.1 Å². The van der Waals surface area contributed by atoms with Crippen LogP contribution in [0.1, 0.15) is 42.1 Å². The first-order chi connectivity index (χ1) is 19.9. The Kier molecular flexibility index (Phi) is 6.32.